The molecule has 5 heteroatoms. The molecular weight excluding hydrogens is 264 g/mol. The highest BCUT2D eigenvalue weighted by molar-refractivity contribution is 7.99. The molecule has 19 heavy (non-hydrogen) atoms. The Bertz CT molecular complexity index is 633. The van der Waals surface area contributed by atoms with Gasteiger partial charge >= 0.3 is 5.63 Å². The molecule has 0 spiro atoms. The van der Waals surface area contributed by atoms with E-state index >= 15 is 0 Å². The van der Waals surface area contributed by atoms with E-state index in [0.29, 0.717) is 11.3 Å². The van der Waals surface area contributed by atoms with Gasteiger partial charge < -0.3 is 14.6 Å². The van der Waals surface area contributed by atoms with Crippen LogP contribution in [0.3, 0.4) is 0 Å². The van der Waals surface area contributed by atoms with Crippen LogP contribution in [0.5, 0.6) is 5.75 Å². The number of rotatable bonds is 4. The summed E-state index contributed by atoms with van der Waals surface area (Å²) in [6.45, 7) is 3.68. The van der Waals surface area contributed by atoms with Crippen LogP contribution in [-0.4, -0.2) is 21.6 Å². The number of hydrogen-bond acceptors (Lipinski definition) is 5. The molecule has 1 aromatic carbocycles. The first-order chi connectivity index (χ1) is 8.97. The van der Waals surface area contributed by atoms with E-state index < -0.39 is 11.7 Å². The maximum absolute atomic E-state index is 11.5. The molecule has 102 valence electrons. The molecule has 0 bridgehead atoms. The van der Waals surface area contributed by atoms with Crippen molar-refractivity contribution in [2.75, 3.05) is 0 Å². The first kappa shape index (κ1) is 14.0. The van der Waals surface area contributed by atoms with Gasteiger partial charge in [-0.25, -0.2) is 4.79 Å². The topological polar surface area (TPSA) is 70.7 Å². The molecule has 0 saturated heterocycles. The van der Waals surface area contributed by atoms with Crippen LogP contribution in [0.1, 0.15) is 19.4 Å². The second kappa shape index (κ2) is 5.67. The SMILES string of the molecule is CC(O)C(C)SCc1cc(=O)oc2cc(O)ccc12. The lowest BCUT2D eigenvalue weighted by Gasteiger charge is -2.14. The monoisotopic (exact) mass is 280 g/mol. The molecular formula is C14H16O4S. The van der Waals surface area contributed by atoms with E-state index in [-0.39, 0.29) is 11.0 Å². The third-order valence-corrected chi connectivity index (χ3v) is 4.39. The summed E-state index contributed by atoms with van der Waals surface area (Å²) >= 11 is 1.57. The Hall–Kier alpha value is -1.46. The van der Waals surface area contributed by atoms with Gasteiger partial charge in [-0.2, -0.15) is 11.8 Å². The molecule has 4 nitrogen and oxygen atoms in total. The van der Waals surface area contributed by atoms with Crippen LogP contribution >= 0.6 is 11.8 Å². The van der Waals surface area contributed by atoms with Gasteiger partial charge in [-0.3, -0.25) is 0 Å². The van der Waals surface area contributed by atoms with Crippen LogP contribution in [0.2, 0.25) is 0 Å². The molecule has 2 atom stereocenters. The van der Waals surface area contributed by atoms with Gasteiger partial charge in [0.2, 0.25) is 0 Å². The Labute approximate surface area is 115 Å². The van der Waals surface area contributed by atoms with Crippen molar-refractivity contribution in [2.24, 2.45) is 0 Å². The van der Waals surface area contributed by atoms with E-state index in [4.69, 9.17) is 4.42 Å². The van der Waals surface area contributed by atoms with Crippen molar-refractivity contribution in [3.05, 3.63) is 40.2 Å². The van der Waals surface area contributed by atoms with Gasteiger partial charge in [-0.05, 0) is 24.6 Å². The summed E-state index contributed by atoms with van der Waals surface area (Å²) in [6, 6.07) is 6.19. The molecule has 1 heterocycles. The van der Waals surface area contributed by atoms with Crippen LogP contribution in [0.4, 0.5) is 0 Å². The average Bonchev–Trinajstić information content (AvgIpc) is 2.34. The van der Waals surface area contributed by atoms with Crippen LogP contribution in [0.25, 0.3) is 11.0 Å². The van der Waals surface area contributed by atoms with Crippen LogP contribution < -0.4 is 5.63 Å². The number of fused-ring (bicyclic) bond motifs is 1. The molecule has 0 amide bonds. The third-order valence-electron chi connectivity index (χ3n) is 2.99. The summed E-state index contributed by atoms with van der Waals surface area (Å²) < 4.78 is 5.06. The van der Waals surface area contributed by atoms with E-state index in [1.54, 1.807) is 30.8 Å². The molecule has 2 rings (SSSR count). The highest BCUT2D eigenvalue weighted by atomic mass is 32.2. The zero-order valence-electron chi connectivity index (χ0n) is 10.8. The standard InChI is InChI=1S/C14H16O4S/c1-8(15)9(2)19-7-10-5-14(17)18-13-6-11(16)3-4-12(10)13/h3-6,8-9,15-16H,7H2,1-2H3. The largest absolute Gasteiger partial charge is 0.508 e. The van der Waals surface area contributed by atoms with Crippen LogP contribution in [-0.2, 0) is 5.75 Å². The van der Waals surface area contributed by atoms with Crippen molar-refractivity contribution in [1.29, 1.82) is 0 Å². The molecule has 0 aliphatic rings. The predicted molar refractivity (Wildman–Crippen MR) is 76.6 cm³/mol. The Morgan fingerprint density at radius 2 is 2.05 bits per heavy atom. The summed E-state index contributed by atoms with van der Waals surface area (Å²) in [4.78, 5) is 11.5. The molecule has 2 aromatic rings. The van der Waals surface area contributed by atoms with Crippen molar-refractivity contribution >= 4 is 22.7 Å². The fraction of sp³-hybridized carbons (Fsp3) is 0.357. The van der Waals surface area contributed by atoms with Crippen LogP contribution in [0.15, 0.2) is 33.5 Å². The minimum atomic E-state index is -0.432. The Kier molecular flexibility index (Phi) is 4.17. The highest BCUT2D eigenvalue weighted by Crippen LogP contribution is 2.26. The minimum absolute atomic E-state index is 0.0674. The normalized spacial score (nSPS) is 14.5. The number of aliphatic hydroxyl groups is 1. The summed E-state index contributed by atoms with van der Waals surface area (Å²) in [7, 11) is 0. The third kappa shape index (κ3) is 3.30. The van der Waals surface area contributed by atoms with Gasteiger partial charge in [0, 0.05) is 28.5 Å². The zero-order valence-corrected chi connectivity index (χ0v) is 11.6. The molecule has 1 aromatic heterocycles. The van der Waals surface area contributed by atoms with E-state index in [1.807, 2.05) is 6.92 Å². The van der Waals surface area contributed by atoms with Gasteiger partial charge in [0.1, 0.15) is 11.3 Å². The highest BCUT2D eigenvalue weighted by Gasteiger charge is 2.12. The lowest BCUT2D eigenvalue weighted by atomic mass is 10.1. The second-order valence-corrected chi connectivity index (χ2v) is 5.89. The minimum Gasteiger partial charge on any atom is -0.508 e. The Morgan fingerprint density at radius 3 is 2.74 bits per heavy atom. The maximum atomic E-state index is 11.5. The first-order valence-corrected chi connectivity index (χ1v) is 7.07. The van der Waals surface area contributed by atoms with Crippen LogP contribution in [0, 0.1) is 0 Å². The molecule has 0 fully saturated rings. The summed E-state index contributed by atoms with van der Waals surface area (Å²) in [5, 5.41) is 19.8. The fourth-order valence-corrected chi connectivity index (χ4v) is 2.66. The lowest BCUT2D eigenvalue weighted by Crippen LogP contribution is -2.15. The van der Waals surface area contributed by atoms with Gasteiger partial charge in [0.15, 0.2) is 0 Å². The molecule has 2 N–H and O–H groups in total. The number of hydrogen-bond donors (Lipinski definition) is 2. The molecule has 0 aliphatic heterocycles. The number of phenolic OH excluding ortho intramolecular Hbond substituents is 1. The summed E-state index contributed by atoms with van der Waals surface area (Å²) in [6.07, 6.45) is -0.402. The van der Waals surface area contributed by atoms with E-state index in [2.05, 4.69) is 0 Å². The zero-order chi connectivity index (χ0) is 14.0. The van der Waals surface area contributed by atoms with E-state index in [9.17, 15) is 15.0 Å². The number of aliphatic hydroxyl groups excluding tert-OH is 1. The van der Waals surface area contributed by atoms with Gasteiger partial charge in [0.05, 0.1) is 6.10 Å². The van der Waals surface area contributed by atoms with Crippen molar-refractivity contribution in [2.45, 2.75) is 31.0 Å². The number of thioether (sulfide) groups is 1. The molecule has 0 aliphatic carbocycles. The Balaban J connectivity index is 2.34. The fourth-order valence-electron chi connectivity index (χ4n) is 1.70. The Morgan fingerprint density at radius 1 is 1.32 bits per heavy atom. The average molecular weight is 280 g/mol. The van der Waals surface area contributed by atoms with E-state index in [0.717, 1.165) is 10.9 Å². The van der Waals surface area contributed by atoms with Gasteiger partial charge in [0.25, 0.3) is 0 Å². The maximum Gasteiger partial charge on any atom is 0.336 e. The van der Waals surface area contributed by atoms with E-state index in [1.165, 1.54) is 12.1 Å². The first-order valence-electron chi connectivity index (χ1n) is 6.03. The second-order valence-electron chi connectivity index (χ2n) is 4.53. The summed E-state index contributed by atoms with van der Waals surface area (Å²) in [5.74, 6) is 0.677. The smallest absolute Gasteiger partial charge is 0.336 e. The van der Waals surface area contributed by atoms with Crippen molar-refractivity contribution in [1.82, 2.24) is 0 Å². The van der Waals surface area contributed by atoms with Gasteiger partial charge in [-0.1, -0.05) is 6.92 Å². The molecule has 0 saturated carbocycles. The quantitative estimate of drug-likeness (QED) is 0.842. The van der Waals surface area contributed by atoms with Gasteiger partial charge in [-0.15, -0.1) is 0 Å². The number of benzene rings is 1. The molecule has 0 radical (unpaired) electrons. The number of aromatic hydroxyl groups is 1. The summed E-state index contributed by atoms with van der Waals surface area (Å²) in [5.41, 5.74) is 0.801. The van der Waals surface area contributed by atoms with Crippen molar-refractivity contribution in [3.63, 3.8) is 0 Å². The predicted octanol–water partition coefficient (Wildman–Crippen LogP) is 2.50. The van der Waals surface area contributed by atoms with Crippen molar-refractivity contribution in [3.8, 4) is 5.75 Å². The lowest BCUT2D eigenvalue weighted by molar-refractivity contribution is 0.196. The number of phenols is 1. The van der Waals surface area contributed by atoms with Crippen molar-refractivity contribution < 1.29 is 14.6 Å². The molecule has 2 unspecified atom stereocenters.